The normalized spacial score (nSPS) is 38.2. The van der Waals surface area contributed by atoms with E-state index in [4.69, 9.17) is 0 Å². The van der Waals surface area contributed by atoms with Crippen molar-refractivity contribution in [2.75, 3.05) is 0 Å². The van der Waals surface area contributed by atoms with Crippen LogP contribution >= 0.6 is 0 Å². The SMILES string of the molecule is CC(C)C1=C(O)C2=C(C(=O)C1=O)[C@@]1(C)CCCC(C)(C)[C@@H]1[C@@H](O)[C@H]2O. The predicted molar refractivity (Wildman–Crippen MR) is 92.8 cm³/mol. The first kappa shape index (κ1) is 18.3. The third-order valence-corrected chi connectivity index (χ3v) is 6.61. The molecule has 3 aliphatic rings. The van der Waals surface area contributed by atoms with Gasteiger partial charge in [-0.25, -0.2) is 0 Å². The van der Waals surface area contributed by atoms with Crippen molar-refractivity contribution < 1.29 is 24.9 Å². The zero-order chi connectivity index (χ0) is 18.9. The molecule has 138 valence electrons. The van der Waals surface area contributed by atoms with E-state index in [1.165, 1.54) is 0 Å². The minimum atomic E-state index is -1.36. The van der Waals surface area contributed by atoms with Gasteiger partial charge in [0.1, 0.15) is 11.9 Å². The molecule has 0 aromatic rings. The van der Waals surface area contributed by atoms with Crippen LogP contribution in [-0.2, 0) is 9.59 Å². The molecule has 0 radical (unpaired) electrons. The molecule has 0 aliphatic heterocycles. The first-order valence-corrected chi connectivity index (χ1v) is 9.08. The van der Waals surface area contributed by atoms with Crippen LogP contribution in [0.1, 0.15) is 53.9 Å². The summed E-state index contributed by atoms with van der Waals surface area (Å²) in [6.45, 7) is 9.40. The van der Waals surface area contributed by atoms with Crippen LogP contribution in [0, 0.1) is 22.7 Å². The van der Waals surface area contributed by atoms with Gasteiger partial charge in [0.25, 0.3) is 0 Å². The Balaban J connectivity index is 2.32. The molecule has 1 fully saturated rings. The molecule has 0 amide bonds. The summed E-state index contributed by atoms with van der Waals surface area (Å²) in [5, 5.41) is 32.4. The molecule has 25 heavy (non-hydrogen) atoms. The topological polar surface area (TPSA) is 94.8 Å². The molecule has 0 heterocycles. The largest absolute Gasteiger partial charge is 0.507 e. The van der Waals surface area contributed by atoms with Gasteiger partial charge in [0.15, 0.2) is 0 Å². The Bertz CT molecular complexity index is 712. The lowest BCUT2D eigenvalue weighted by Gasteiger charge is -2.57. The van der Waals surface area contributed by atoms with Gasteiger partial charge in [0.05, 0.1) is 6.10 Å². The fourth-order valence-corrected chi connectivity index (χ4v) is 5.68. The Kier molecular flexibility index (Phi) is 4.05. The first-order chi connectivity index (χ1) is 11.4. The summed E-state index contributed by atoms with van der Waals surface area (Å²) < 4.78 is 0. The Morgan fingerprint density at radius 1 is 1.04 bits per heavy atom. The molecule has 3 rings (SSSR count). The lowest BCUT2D eigenvalue weighted by atomic mass is 9.47. The third-order valence-electron chi connectivity index (χ3n) is 6.61. The van der Waals surface area contributed by atoms with Gasteiger partial charge in [0.2, 0.25) is 11.6 Å². The van der Waals surface area contributed by atoms with E-state index >= 15 is 0 Å². The van der Waals surface area contributed by atoms with Crippen LogP contribution in [0.25, 0.3) is 0 Å². The van der Waals surface area contributed by atoms with Crippen LogP contribution in [0.15, 0.2) is 22.5 Å². The Morgan fingerprint density at radius 2 is 1.64 bits per heavy atom. The predicted octanol–water partition coefficient (Wildman–Crippen LogP) is 2.47. The first-order valence-electron chi connectivity index (χ1n) is 9.08. The summed E-state index contributed by atoms with van der Waals surface area (Å²) >= 11 is 0. The zero-order valence-corrected chi connectivity index (χ0v) is 15.6. The zero-order valence-electron chi connectivity index (χ0n) is 15.6. The molecule has 0 aromatic heterocycles. The van der Waals surface area contributed by atoms with Gasteiger partial charge in [-0.15, -0.1) is 0 Å². The number of rotatable bonds is 1. The monoisotopic (exact) mass is 348 g/mol. The smallest absolute Gasteiger partial charge is 0.233 e. The molecule has 0 bridgehead atoms. The van der Waals surface area contributed by atoms with E-state index in [9.17, 15) is 24.9 Å². The number of fused-ring (bicyclic) bond motifs is 2. The molecule has 4 atom stereocenters. The molecule has 0 unspecified atom stereocenters. The van der Waals surface area contributed by atoms with Crippen molar-refractivity contribution in [3.63, 3.8) is 0 Å². The van der Waals surface area contributed by atoms with E-state index in [1.54, 1.807) is 13.8 Å². The summed E-state index contributed by atoms with van der Waals surface area (Å²) in [4.78, 5) is 25.7. The van der Waals surface area contributed by atoms with Gasteiger partial charge in [-0.05, 0) is 24.2 Å². The van der Waals surface area contributed by atoms with Gasteiger partial charge >= 0.3 is 0 Å². The second kappa shape index (κ2) is 5.52. The van der Waals surface area contributed by atoms with E-state index in [2.05, 4.69) is 0 Å². The molecule has 1 saturated carbocycles. The quantitative estimate of drug-likeness (QED) is 0.500. The van der Waals surface area contributed by atoms with Crippen LogP contribution in [0.5, 0.6) is 0 Å². The molecule has 3 aliphatic carbocycles. The van der Waals surface area contributed by atoms with Crippen LogP contribution < -0.4 is 0 Å². The molecular formula is C20H28O5. The maximum atomic E-state index is 13.0. The number of carbonyl (C=O) groups excluding carboxylic acids is 2. The van der Waals surface area contributed by atoms with Crippen molar-refractivity contribution in [2.45, 2.75) is 66.1 Å². The highest BCUT2D eigenvalue weighted by molar-refractivity contribution is 6.50. The number of carbonyl (C=O) groups is 2. The second-order valence-corrected chi connectivity index (χ2v) is 9.04. The van der Waals surface area contributed by atoms with Crippen molar-refractivity contribution >= 4 is 11.6 Å². The molecule has 0 saturated heterocycles. The summed E-state index contributed by atoms with van der Waals surface area (Å²) in [5.74, 6) is -2.33. The number of aliphatic hydroxyl groups is 3. The van der Waals surface area contributed by atoms with Gasteiger partial charge in [0, 0.05) is 28.1 Å². The standard InChI is InChI=1S/C20H28O5/c1-9(2)10-13(21)11-12(16(24)14(10)22)20(5)8-6-7-19(3,4)18(20)17(25)15(11)23/h9,15,17-18,21,23,25H,6-8H2,1-5H3/t15-,17-,18-,20+/m0/s1. The lowest BCUT2D eigenvalue weighted by molar-refractivity contribution is -0.141. The van der Waals surface area contributed by atoms with Crippen molar-refractivity contribution in [2.24, 2.45) is 22.7 Å². The molecule has 3 N–H and O–H groups in total. The van der Waals surface area contributed by atoms with Crippen LogP contribution in [0.4, 0.5) is 0 Å². The molecular weight excluding hydrogens is 320 g/mol. The number of aliphatic hydroxyl groups excluding tert-OH is 3. The van der Waals surface area contributed by atoms with Crippen molar-refractivity contribution in [1.29, 1.82) is 0 Å². The minimum Gasteiger partial charge on any atom is -0.507 e. The van der Waals surface area contributed by atoms with Gasteiger partial charge < -0.3 is 15.3 Å². The molecule has 0 spiro atoms. The Morgan fingerprint density at radius 3 is 2.20 bits per heavy atom. The third kappa shape index (κ3) is 2.28. The fraction of sp³-hybridized carbons (Fsp3) is 0.700. The van der Waals surface area contributed by atoms with Crippen LogP contribution in [0.3, 0.4) is 0 Å². The summed E-state index contributed by atoms with van der Waals surface area (Å²) in [6.07, 6.45) is -0.0666. The molecule has 5 nitrogen and oxygen atoms in total. The van der Waals surface area contributed by atoms with E-state index in [-0.39, 0.29) is 39.7 Å². The van der Waals surface area contributed by atoms with Crippen LogP contribution in [0.2, 0.25) is 0 Å². The average Bonchev–Trinajstić information content (AvgIpc) is 2.47. The van der Waals surface area contributed by atoms with Gasteiger partial charge in [-0.2, -0.15) is 0 Å². The number of Topliss-reactive ketones (excluding diaryl/α,β-unsaturated/α-hetero) is 2. The van der Waals surface area contributed by atoms with Crippen molar-refractivity contribution in [1.82, 2.24) is 0 Å². The Hall–Kier alpha value is -1.46. The number of ketones is 2. The van der Waals surface area contributed by atoms with E-state index in [0.29, 0.717) is 6.42 Å². The highest BCUT2D eigenvalue weighted by atomic mass is 16.3. The molecule has 5 heteroatoms. The Labute approximate surface area is 148 Å². The minimum absolute atomic E-state index is 0.0344. The van der Waals surface area contributed by atoms with E-state index in [1.807, 2.05) is 20.8 Å². The lowest BCUT2D eigenvalue weighted by Crippen LogP contribution is -2.59. The summed E-state index contributed by atoms with van der Waals surface area (Å²) in [7, 11) is 0. The summed E-state index contributed by atoms with van der Waals surface area (Å²) in [6, 6.07) is 0. The van der Waals surface area contributed by atoms with E-state index < -0.39 is 29.2 Å². The second-order valence-electron chi connectivity index (χ2n) is 9.04. The fourth-order valence-electron chi connectivity index (χ4n) is 5.68. The highest BCUT2D eigenvalue weighted by Crippen LogP contribution is 2.61. The highest BCUT2D eigenvalue weighted by Gasteiger charge is 2.61. The van der Waals surface area contributed by atoms with Gasteiger partial charge in [-0.1, -0.05) is 41.0 Å². The molecule has 0 aromatic carbocycles. The average molecular weight is 348 g/mol. The summed E-state index contributed by atoms with van der Waals surface area (Å²) in [5.41, 5.74) is -0.703. The number of allylic oxidation sites excluding steroid dienone is 2. The van der Waals surface area contributed by atoms with Crippen LogP contribution in [-0.4, -0.2) is 39.1 Å². The van der Waals surface area contributed by atoms with Gasteiger partial charge in [-0.3, -0.25) is 9.59 Å². The maximum absolute atomic E-state index is 13.0. The maximum Gasteiger partial charge on any atom is 0.233 e. The van der Waals surface area contributed by atoms with Crippen molar-refractivity contribution in [3.05, 3.63) is 22.5 Å². The van der Waals surface area contributed by atoms with E-state index in [0.717, 1.165) is 12.8 Å². The van der Waals surface area contributed by atoms with Crippen molar-refractivity contribution in [3.8, 4) is 0 Å². The number of hydrogen-bond donors (Lipinski definition) is 3. The number of hydrogen-bond acceptors (Lipinski definition) is 5.